The van der Waals surface area contributed by atoms with Crippen LogP contribution >= 0.6 is 11.6 Å². The molecule has 0 radical (unpaired) electrons. The first-order chi connectivity index (χ1) is 9.72. The van der Waals surface area contributed by atoms with Gasteiger partial charge >= 0.3 is 0 Å². The summed E-state index contributed by atoms with van der Waals surface area (Å²) in [6.45, 7) is 0.990. The number of hydrogen-bond acceptors (Lipinski definition) is 1. The molecule has 4 heteroatoms. The van der Waals surface area contributed by atoms with Gasteiger partial charge in [0.25, 0.3) is 0 Å². The molecular formula is C16H18ClFN2. The minimum atomic E-state index is -0.188. The number of halogens is 2. The van der Waals surface area contributed by atoms with Gasteiger partial charge in [-0.1, -0.05) is 0 Å². The minimum Gasteiger partial charge on any atom is -0.327 e. The second kappa shape index (κ2) is 4.45. The minimum absolute atomic E-state index is 0.188. The van der Waals surface area contributed by atoms with Crippen molar-refractivity contribution in [2.75, 3.05) is 5.88 Å². The van der Waals surface area contributed by atoms with E-state index in [4.69, 9.17) is 11.6 Å². The molecule has 0 aliphatic heterocycles. The van der Waals surface area contributed by atoms with E-state index < -0.39 is 0 Å². The first-order valence-electron chi connectivity index (χ1n) is 7.42. The number of alkyl halides is 1. The van der Waals surface area contributed by atoms with Crippen LogP contribution in [0.5, 0.6) is 0 Å². The molecule has 1 heterocycles. The Balaban J connectivity index is 1.78. The molecule has 0 atom stereocenters. The Morgan fingerprint density at radius 2 is 2.15 bits per heavy atom. The first-order valence-corrected chi connectivity index (χ1v) is 7.96. The van der Waals surface area contributed by atoms with E-state index in [0.29, 0.717) is 11.3 Å². The quantitative estimate of drug-likeness (QED) is 0.757. The Morgan fingerprint density at radius 3 is 2.80 bits per heavy atom. The van der Waals surface area contributed by atoms with Gasteiger partial charge in [0, 0.05) is 18.8 Å². The van der Waals surface area contributed by atoms with Gasteiger partial charge in [0.1, 0.15) is 11.6 Å². The van der Waals surface area contributed by atoms with E-state index in [1.807, 2.05) is 0 Å². The number of hydrogen-bond donors (Lipinski definition) is 0. The highest BCUT2D eigenvalue weighted by Crippen LogP contribution is 2.62. The van der Waals surface area contributed by atoms with E-state index in [1.165, 1.54) is 31.7 Å². The molecule has 20 heavy (non-hydrogen) atoms. The van der Waals surface area contributed by atoms with Crippen molar-refractivity contribution in [2.24, 2.45) is 11.3 Å². The maximum atomic E-state index is 13.6. The van der Waals surface area contributed by atoms with Crippen LogP contribution in [0.4, 0.5) is 4.39 Å². The van der Waals surface area contributed by atoms with Gasteiger partial charge in [0.05, 0.1) is 11.0 Å². The monoisotopic (exact) mass is 292 g/mol. The number of imidazole rings is 1. The fraction of sp³-hybridized carbons (Fsp3) is 0.562. The maximum absolute atomic E-state index is 13.6. The van der Waals surface area contributed by atoms with E-state index in [-0.39, 0.29) is 5.82 Å². The zero-order valence-electron chi connectivity index (χ0n) is 11.4. The van der Waals surface area contributed by atoms with Gasteiger partial charge in [-0.3, -0.25) is 0 Å². The van der Waals surface area contributed by atoms with Gasteiger partial charge in [-0.25, -0.2) is 9.37 Å². The molecule has 0 bridgehead atoms. The summed E-state index contributed by atoms with van der Waals surface area (Å²) in [7, 11) is 0. The van der Waals surface area contributed by atoms with Crippen LogP contribution in [-0.2, 0) is 13.0 Å². The Labute approximate surface area is 122 Å². The average Bonchev–Trinajstić information content (AvgIpc) is 3.31. The van der Waals surface area contributed by atoms with Gasteiger partial charge in [0.2, 0.25) is 0 Å². The van der Waals surface area contributed by atoms with Crippen molar-refractivity contribution in [3.63, 3.8) is 0 Å². The lowest BCUT2D eigenvalue weighted by molar-refractivity contribution is 0.369. The van der Waals surface area contributed by atoms with E-state index in [0.717, 1.165) is 35.7 Å². The van der Waals surface area contributed by atoms with E-state index in [9.17, 15) is 4.39 Å². The molecule has 0 saturated heterocycles. The van der Waals surface area contributed by atoms with Crippen LogP contribution in [0, 0.1) is 17.2 Å². The van der Waals surface area contributed by atoms with E-state index >= 15 is 0 Å². The van der Waals surface area contributed by atoms with Crippen molar-refractivity contribution in [1.82, 2.24) is 9.55 Å². The second-order valence-corrected chi connectivity index (χ2v) is 6.70. The maximum Gasteiger partial charge on any atom is 0.125 e. The summed E-state index contributed by atoms with van der Waals surface area (Å²) >= 11 is 5.90. The molecule has 0 unspecified atom stereocenters. The van der Waals surface area contributed by atoms with Gasteiger partial charge in [-0.05, 0) is 55.2 Å². The first kappa shape index (κ1) is 12.6. The van der Waals surface area contributed by atoms with Crippen molar-refractivity contribution in [3.05, 3.63) is 29.8 Å². The van der Waals surface area contributed by atoms with Crippen molar-refractivity contribution in [1.29, 1.82) is 0 Å². The van der Waals surface area contributed by atoms with Crippen LogP contribution in [0.25, 0.3) is 11.0 Å². The molecule has 2 aliphatic rings. The van der Waals surface area contributed by atoms with Crippen molar-refractivity contribution in [3.8, 4) is 0 Å². The summed E-state index contributed by atoms with van der Waals surface area (Å²) in [4.78, 5) is 4.65. The van der Waals surface area contributed by atoms with Crippen LogP contribution in [0.1, 0.15) is 31.5 Å². The number of benzene rings is 1. The molecule has 4 rings (SSSR count). The zero-order chi connectivity index (χ0) is 13.7. The lowest BCUT2D eigenvalue weighted by Crippen LogP contribution is -2.16. The Morgan fingerprint density at radius 1 is 1.35 bits per heavy atom. The zero-order valence-corrected chi connectivity index (χ0v) is 12.2. The predicted octanol–water partition coefficient (Wildman–Crippen LogP) is 4.15. The highest BCUT2D eigenvalue weighted by molar-refractivity contribution is 6.17. The highest BCUT2D eigenvalue weighted by atomic mass is 35.5. The fourth-order valence-electron chi connectivity index (χ4n) is 3.46. The molecule has 2 saturated carbocycles. The van der Waals surface area contributed by atoms with Crippen LogP contribution in [-0.4, -0.2) is 15.4 Å². The normalized spacial score (nSPS) is 20.5. The van der Waals surface area contributed by atoms with Crippen LogP contribution in [0.15, 0.2) is 18.2 Å². The second-order valence-electron chi connectivity index (χ2n) is 6.32. The number of nitrogens with zero attached hydrogens (tertiary/aromatic N) is 2. The summed E-state index contributed by atoms with van der Waals surface area (Å²) < 4.78 is 15.8. The molecule has 2 fully saturated rings. The third-order valence-electron chi connectivity index (χ3n) is 4.92. The molecule has 106 valence electrons. The smallest absolute Gasteiger partial charge is 0.125 e. The van der Waals surface area contributed by atoms with Crippen molar-refractivity contribution in [2.45, 2.75) is 38.6 Å². The van der Waals surface area contributed by atoms with Crippen molar-refractivity contribution < 1.29 is 4.39 Å². The Kier molecular flexibility index (Phi) is 2.81. The fourth-order valence-corrected chi connectivity index (χ4v) is 3.63. The van der Waals surface area contributed by atoms with Gasteiger partial charge < -0.3 is 4.57 Å². The lowest BCUT2D eigenvalue weighted by Gasteiger charge is -2.17. The summed E-state index contributed by atoms with van der Waals surface area (Å²) in [5, 5.41) is 0. The molecule has 0 amide bonds. The Bertz CT molecular complexity index is 656. The van der Waals surface area contributed by atoms with Crippen molar-refractivity contribution >= 4 is 22.6 Å². The summed E-state index contributed by atoms with van der Waals surface area (Å²) in [6, 6.07) is 4.87. The number of rotatable bonds is 5. The molecule has 2 aromatic rings. The molecule has 2 aliphatic carbocycles. The number of aromatic nitrogens is 2. The van der Waals surface area contributed by atoms with Crippen LogP contribution < -0.4 is 0 Å². The molecule has 2 nitrogen and oxygen atoms in total. The summed E-state index contributed by atoms with van der Waals surface area (Å²) in [5.74, 6) is 2.26. The van der Waals surface area contributed by atoms with Gasteiger partial charge in [-0.2, -0.15) is 0 Å². The highest BCUT2D eigenvalue weighted by Gasteiger charge is 2.54. The van der Waals surface area contributed by atoms with Crippen LogP contribution in [0.2, 0.25) is 0 Å². The average molecular weight is 293 g/mol. The molecule has 1 aromatic heterocycles. The summed E-state index contributed by atoms with van der Waals surface area (Å²) in [6.07, 6.45) is 6.11. The van der Waals surface area contributed by atoms with Gasteiger partial charge in [-0.15, -0.1) is 11.6 Å². The number of aryl methyl sites for hydroxylation is 1. The SMILES string of the molecule is Fc1ccc2nc(CCCl)n(CC3(C4CC4)CC3)c2c1. The Hall–Kier alpha value is -1.09. The molecule has 0 spiro atoms. The third-order valence-corrected chi connectivity index (χ3v) is 5.11. The largest absolute Gasteiger partial charge is 0.327 e. The molecule has 1 aromatic carbocycles. The van der Waals surface area contributed by atoms with Gasteiger partial charge in [0.15, 0.2) is 0 Å². The lowest BCUT2D eigenvalue weighted by atomic mass is 10.0. The standard InChI is InChI=1S/C16H18ClFN2/c17-8-5-15-19-13-4-3-12(18)9-14(13)20(15)10-16(6-7-16)11-1-2-11/h3-4,9,11H,1-2,5-8,10H2. The van der Waals surface area contributed by atoms with Crippen LogP contribution in [0.3, 0.4) is 0 Å². The third kappa shape index (κ3) is 2.03. The molecule has 0 N–H and O–H groups in total. The topological polar surface area (TPSA) is 17.8 Å². The molecular weight excluding hydrogens is 275 g/mol. The van der Waals surface area contributed by atoms with E-state index in [2.05, 4.69) is 9.55 Å². The number of fused-ring (bicyclic) bond motifs is 1. The summed E-state index contributed by atoms with van der Waals surface area (Å²) in [5.41, 5.74) is 2.29. The predicted molar refractivity (Wildman–Crippen MR) is 78.5 cm³/mol. The van der Waals surface area contributed by atoms with E-state index in [1.54, 1.807) is 12.1 Å².